The molecule has 5 heteroatoms. The lowest BCUT2D eigenvalue weighted by molar-refractivity contribution is -0.112. The van der Waals surface area contributed by atoms with Crippen molar-refractivity contribution in [1.29, 1.82) is 0 Å². The monoisotopic (exact) mass is 453 g/mol. The lowest BCUT2D eigenvalue weighted by Gasteiger charge is -2.25. The van der Waals surface area contributed by atoms with Gasteiger partial charge in [0.25, 0.3) is 5.91 Å². The molecule has 2 bridgehead atoms. The molecule has 5 nitrogen and oxygen atoms in total. The van der Waals surface area contributed by atoms with E-state index in [1.54, 1.807) is 6.08 Å². The van der Waals surface area contributed by atoms with Crippen molar-refractivity contribution < 1.29 is 9.59 Å². The Bertz CT molecular complexity index is 1230. The number of nitrogens with one attached hydrogen (secondary N) is 1. The Morgan fingerprint density at radius 2 is 1.85 bits per heavy atom. The van der Waals surface area contributed by atoms with Crippen molar-refractivity contribution in [3.05, 3.63) is 70.3 Å². The zero-order valence-electron chi connectivity index (χ0n) is 20.1. The summed E-state index contributed by atoms with van der Waals surface area (Å²) in [5.41, 5.74) is 5.35. The average molecular weight is 454 g/mol. The van der Waals surface area contributed by atoms with Crippen LogP contribution in [0.4, 0.5) is 11.4 Å². The molecule has 0 saturated carbocycles. The first-order valence-corrected chi connectivity index (χ1v) is 12.1. The summed E-state index contributed by atoms with van der Waals surface area (Å²) in [7, 11) is 3.97. The van der Waals surface area contributed by atoms with Gasteiger partial charge in [0.2, 0.25) is 0 Å². The van der Waals surface area contributed by atoms with E-state index in [0.29, 0.717) is 36.3 Å². The molecule has 2 aromatic carbocycles. The number of rotatable bonds is 4. The summed E-state index contributed by atoms with van der Waals surface area (Å²) >= 11 is 0. The first-order chi connectivity index (χ1) is 16.4. The lowest BCUT2D eigenvalue weighted by Crippen LogP contribution is -2.28. The van der Waals surface area contributed by atoms with E-state index in [-0.39, 0.29) is 17.3 Å². The van der Waals surface area contributed by atoms with Gasteiger partial charge in [0, 0.05) is 23.3 Å². The van der Waals surface area contributed by atoms with Crippen LogP contribution in [-0.4, -0.2) is 49.3 Å². The van der Waals surface area contributed by atoms with E-state index in [9.17, 15) is 9.59 Å². The third-order valence-corrected chi connectivity index (χ3v) is 7.22. The molecule has 174 valence electrons. The van der Waals surface area contributed by atoms with Gasteiger partial charge in [0.1, 0.15) is 0 Å². The van der Waals surface area contributed by atoms with Gasteiger partial charge >= 0.3 is 0 Å². The van der Waals surface area contributed by atoms with E-state index in [0.717, 1.165) is 16.7 Å². The minimum atomic E-state index is -0.372. The average Bonchev–Trinajstić information content (AvgIpc) is 3.41. The minimum absolute atomic E-state index is 0.204. The van der Waals surface area contributed by atoms with E-state index in [4.69, 9.17) is 0 Å². The first-order valence-electron chi connectivity index (χ1n) is 12.1. The molecule has 0 unspecified atom stereocenters. The van der Waals surface area contributed by atoms with Gasteiger partial charge in [-0.05, 0) is 82.4 Å². The summed E-state index contributed by atoms with van der Waals surface area (Å²) in [6, 6.07) is 13.2. The second kappa shape index (κ2) is 9.12. The van der Waals surface area contributed by atoms with Crippen LogP contribution in [-0.2, 0) is 11.2 Å². The normalized spacial score (nSPS) is 20.6. The second-order valence-corrected chi connectivity index (χ2v) is 9.85. The van der Waals surface area contributed by atoms with Gasteiger partial charge < -0.3 is 10.2 Å². The zero-order valence-corrected chi connectivity index (χ0v) is 20.1. The van der Waals surface area contributed by atoms with Crippen LogP contribution in [0.5, 0.6) is 0 Å². The molecular formula is C29H31N3O2. The van der Waals surface area contributed by atoms with Crippen molar-refractivity contribution in [2.24, 2.45) is 0 Å². The number of amides is 1. The molecule has 0 aromatic heterocycles. The van der Waals surface area contributed by atoms with E-state index in [2.05, 4.69) is 34.2 Å². The molecule has 2 saturated heterocycles. The van der Waals surface area contributed by atoms with E-state index >= 15 is 0 Å². The van der Waals surface area contributed by atoms with E-state index in [1.807, 2.05) is 50.2 Å². The number of benzene rings is 2. The van der Waals surface area contributed by atoms with Crippen molar-refractivity contribution in [3.63, 3.8) is 0 Å². The number of anilines is 2. The molecule has 1 amide bonds. The van der Waals surface area contributed by atoms with Gasteiger partial charge in [-0.3, -0.25) is 14.5 Å². The maximum Gasteiger partial charge on any atom is 0.259 e. The topological polar surface area (TPSA) is 52.7 Å². The highest BCUT2D eigenvalue weighted by Gasteiger charge is 2.39. The van der Waals surface area contributed by atoms with Crippen molar-refractivity contribution in [2.45, 2.75) is 51.1 Å². The van der Waals surface area contributed by atoms with Crippen molar-refractivity contribution in [1.82, 2.24) is 4.90 Å². The molecule has 2 heterocycles. The molecule has 2 aliphatic heterocycles. The van der Waals surface area contributed by atoms with Crippen LogP contribution in [0.15, 0.2) is 48.0 Å². The van der Waals surface area contributed by atoms with Crippen LogP contribution in [0.2, 0.25) is 0 Å². The van der Waals surface area contributed by atoms with Crippen molar-refractivity contribution in [3.8, 4) is 11.8 Å². The standard InChI is InChI=1S/C29H31N3O2/c1-19-6-4-7-20-9-15-25(28(33)27(19)20)29(34)30-26-16-14-24(18-21(26)8-5-17-31(2)3)32-22-10-11-23(32)13-12-22/h4,6-7,14-16,18,22-23H,9-13,17H2,1-3H3,(H,30,34). The predicted molar refractivity (Wildman–Crippen MR) is 136 cm³/mol. The number of Topliss-reactive ketones (excluding diaryl/α,β-unsaturated/α-hetero) is 1. The van der Waals surface area contributed by atoms with Gasteiger partial charge in [-0.25, -0.2) is 0 Å². The van der Waals surface area contributed by atoms with Crippen LogP contribution in [0.25, 0.3) is 0 Å². The summed E-state index contributed by atoms with van der Waals surface area (Å²) < 4.78 is 0. The maximum atomic E-state index is 13.2. The molecule has 1 aliphatic carbocycles. The fourth-order valence-corrected chi connectivity index (χ4v) is 5.58. The highest BCUT2D eigenvalue weighted by atomic mass is 16.2. The van der Waals surface area contributed by atoms with Crippen LogP contribution < -0.4 is 10.2 Å². The number of aryl methyl sites for hydroxylation is 1. The Morgan fingerprint density at radius 1 is 1.12 bits per heavy atom. The SMILES string of the molecule is Cc1cccc2c1C(=O)C(C(=O)Nc1ccc(N3C4CCC3CC4)cc1C#CCN(C)C)=CC2. The Labute approximate surface area is 201 Å². The van der Waals surface area contributed by atoms with Gasteiger partial charge in [-0.1, -0.05) is 36.1 Å². The molecule has 2 aromatic rings. The molecular weight excluding hydrogens is 422 g/mol. The zero-order chi connectivity index (χ0) is 23.8. The summed E-state index contributed by atoms with van der Waals surface area (Å²) in [6.07, 6.45) is 7.33. The fourth-order valence-electron chi connectivity index (χ4n) is 5.58. The Balaban J connectivity index is 1.43. The Kier molecular flexibility index (Phi) is 6.02. The number of ketones is 1. The summed E-state index contributed by atoms with van der Waals surface area (Å²) in [6.45, 7) is 2.55. The molecule has 2 fully saturated rings. The molecule has 0 atom stereocenters. The number of carbonyl (C=O) groups is 2. The Morgan fingerprint density at radius 3 is 2.56 bits per heavy atom. The van der Waals surface area contributed by atoms with Crippen molar-refractivity contribution in [2.75, 3.05) is 30.9 Å². The lowest BCUT2D eigenvalue weighted by atomic mass is 9.87. The van der Waals surface area contributed by atoms with Gasteiger partial charge in [-0.2, -0.15) is 0 Å². The maximum absolute atomic E-state index is 13.2. The molecule has 3 aliphatic rings. The summed E-state index contributed by atoms with van der Waals surface area (Å²) in [5.74, 6) is 5.89. The van der Waals surface area contributed by atoms with Crippen LogP contribution >= 0.6 is 0 Å². The third-order valence-electron chi connectivity index (χ3n) is 7.22. The number of hydrogen-bond donors (Lipinski definition) is 1. The quantitative estimate of drug-likeness (QED) is 0.553. The second-order valence-electron chi connectivity index (χ2n) is 9.85. The number of hydrogen-bond acceptors (Lipinski definition) is 4. The predicted octanol–water partition coefficient (Wildman–Crippen LogP) is 4.34. The number of fused-ring (bicyclic) bond motifs is 3. The van der Waals surface area contributed by atoms with Crippen molar-refractivity contribution >= 4 is 23.1 Å². The van der Waals surface area contributed by atoms with Gasteiger partial charge in [0.15, 0.2) is 5.78 Å². The van der Waals surface area contributed by atoms with Gasteiger partial charge in [0.05, 0.1) is 23.4 Å². The van der Waals surface area contributed by atoms with E-state index < -0.39 is 0 Å². The smallest absolute Gasteiger partial charge is 0.259 e. The number of nitrogens with zero attached hydrogens (tertiary/aromatic N) is 2. The highest BCUT2D eigenvalue weighted by Crippen LogP contribution is 2.41. The minimum Gasteiger partial charge on any atom is -0.366 e. The largest absolute Gasteiger partial charge is 0.366 e. The third kappa shape index (κ3) is 4.15. The van der Waals surface area contributed by atoms with Crippen LogP contribution in [0.3, 0.4) is 0 Å². The summed E-state index contributed by atoms with van der Waals surface area (Å²) in [4.78, 5) is 30.9. The highest BCUT2D eigenvalue weighted by molar-refractivity contribution is 6.30. The molecule has 5 rings (SSSR count). The number of allylic oxidation sites excluding steroid dienone is 1. The summed E-state index contributed by atoms with van der Waals surface area (Å²) in [5, 5.41) is 2.99. The fraction of sp³-hybridized carbons (Fsp3) is 0.379. The molecule has 0 radical (unpaired) electrons. The van der Waals surface area contributed by atoms with Crippen LogP contribution in [0, 0.1) is 18.8 Å². The number of carbonyl (C=O) groups excluding carboxylic acids is 2. The molecule has 1 N–H and O–H groups in total. The van der Waals surface area contributed by atoms with Crippen LogP contribution in [0.1, 0.15) is 52.7 Å². The molecule has 0 spiro atoms. The first kappa shape index (κ1) is 22.4. The van der Waals surface area contributed by atoms with E-state index in [1.165, 1.54) is 31.4 Å². The molecule has 34 heavy (non-hydrogen) atoms. The van der Waals surface area contributed by atoms with Gasteiger partial charge in [-0.15, -0.1) is 0 Å². The Hall–Kier alpha value is -3.36.